The highest BCUT2D eigenvalue weighted by Crippen LogP contribution is 2.32. The van der Waals surface area contributed by atoms with Crippen LogP contribution in [0.4, 0.5) is 0 Å². The Morgan fingerprint density at radius 1 is 1.14 bits per heavy atom. The second-order valence-electron chi connectivity index (χ2n) is 7.06. The van der Waals surface area contributed by atoms with E-state index in [0.29, 0.717) is 0 Å². The molecule has 0 aromatic carbocycles. The molecular formula is C18H32N2O2. The predicted molar refractivity (Wildman–Crippen MR) is 88.4 cm³/mol. The number of hydrogen-bond donors (Lipinski definition) is 2. The Kier molecular flexibility index (Phi) is 7.20. The lowest BCUT2D eigenvalue weighted by Gasteiger charge is -2.29. The van der Waals surface area contributed by atoms with Crippen LogP contribution in [0.25, 0.3) is 0 Å². The molecule has 2 fully saturated rings. The average molecular weight is 308 g/mol. The predicted octanol–water partition coefficient (Wildman–Crippen LogP) is 3.16. The van der Waals surface area contributed by atoms with Gasteiger partial charge in [-0.15, -0.1) is 0 Å². The maximum Gasteiger partial charge on any atom is 0.242 e. The molecule has 2 aliphatic rings. The monoisotopic (exact) mass is 308 g/mol. The molecule has 0 aromatic rings. The fraction of sp³-hybridized carbons (Fsp3) is 0.889. The fourth-order valence-corrected chi connectivity index (χ4v) is 3.76. The van der Waals surface area contributed by atoms with Crippen molar-refractivity contribution in [2.24, 2.45) is 11.8 Å². The van der Waals surface area contributed by atoms with Crippen molar-refractivity contribution >= 4 is 11.8 Å². The van der Waals surface area contributed by atoms with Gasteiger partial charge in [-0.2, -0.15) is 0 Å². The minimum atomic E-state index is -0.308. The van der Waals surface area contributed by atoms with Crippen molar-refractivity contribution in [3.63, 3.8) is 0 Å². The van der Waals surface area contributed by atoms with Gasteiger partial charge in [-0.3, -0.25) is 9.59 Å². The summed E-state index contributed by atoms with van der Waals surface area (Å²) >= 11 is 0. The summed E-state index contributed by atoms with van der Waals surface area (Å²) in [5.74, 6) is 1.04. The van der Waals surface area contributed by atoms with Gasteiger partial charge in [-0.05, 0) is 50.9 Å². The Morgan fingerprint density at radius 3 is 2.64 bits per heavy atom. The van der Waals surface area contributed by atoms with E-state index in [4.69, 9.17) is 0 Å². The highest BCUT2D eigenvalue weighted by molar-refractivity contribution is 5.88. The minimum Gasteiger partial charge on any atom is -0.354 e. The molecule has 0 radical (unpaired) electrons. The third-order valence-corrected chi connectivity index (χ3v) is 5.29. The molecule has 1 saturated carbocycles. The molecule has 126 valence electrons. The fourth-order valence-electron chi connectivity index (χ4n) is 3.76. The Morgan fingerprint density at radius 2 is 1.91 bits per heavy atom. The zero-order chi connectivity index (χ0) is 15.8. The quantitative estimate of drug-likeness (QED) is 0.741. The van der Waals surface area contributed by atoms with Gasteiger partial charge in [0.15, 0.2) is 0 Å². The molecule has 1 heterocycles. The lowest BCUT2D eigenvalue weighted by Crippen LogP contribution is -2.47. The second-order valence-corrected chi connectivity index (χ2v) is 7.06. The van der Waals surface area contributed by atoms with Gasteiger partial charge in [-0.25, -0.2) is 0 Å². The molecule has 1 aliphatic heterocycles. The third kappa shape index (κ3) is 5.29. The first-order chi connectivity index (χ1) is 10.7. The van der Waals surface area contributed by atoms with Crippen LogP contribution in [-0.2, 0) is 9.59 Å². The van der Waals surface area contributed by atoms with Crippen LogP contribution < -0.4 is 10.6 Å². The molecule has 0 bridgehead atoms. The van der Waals surface area contributed by atoms with Crippen molar-refractivity contribution in [2.45, 2.75) is 83.6 Å². The third-order valence-electron chi connectivity index (χ3n) is 5.29. The SMILES string of the molecule is CCCCCC1CCC(C(=O)N[C@H]2CCCCNC2=O)CC1. The summed E-state index contributed by atoms with van der Waals surface area (Å²) in [5, 5.41) is 5.88. The Hall–Kier alpha value is -1.06. The van der Waals surface area contributed by atoms with E-state index in [1.807, 2.05) is 0 Å². The molecule has 1 saturated heterocycles. The summed E-state index contributed by atoms with van der Waals surface area (Å²) in [7, 11) is 0. The molecule has 2 amide bonds. The van der Waals surface area contributed by atoms with Crippen LogP contribution in [0.2, 0.25) is 0 Å². The van der Waals surface area contributed by atoms with Gasteiger partial charge in [0.1, 0.15) is 6.04 Å². The Bertz CT molecular complexity index is 362. The first-order valence-corrected chi connectivity index (χ1v) is 9.28. The highest BCUT2D eigenvalue weighted by atomic mass is 16.2. The van der Waals surface area contributed by atoms with E-state index in [0.717, 1.165) is 44.6 Å². The molecule has 0 aromatic heterocycles. The highest BCUT2D eigenvalue weighted by Gasteiger charge is 2.29. The smallest absolute Gasteiger partial charge is 0.242 e. The molecule has 4 heteroatoms. The van der Waals surface area contributed by atoms with E-state index < -0.39 is 0 Å². The van der Waals surface area contributed by atoms with E-state index in [1.54, 1.807) is 0 Å². The van der Waals surface area contributed by atoms with Crippen molar-refractivity contribution in [3.05, 3.63) is 0 Å². The van der Waals surface area contributed by atoms with Gasteiger partial charge in [0.05, 0.1) is 0 Å². The van der Waals surface area contributed by atoms with Crippen LogP contribution in [0.1, 0.15) is 77.6 Å². The van der Waals surface area contributed by atoms with E-state index in [9.17, 15) is 9.59 Å². The van der Waals surface area contributed by atoms with Crippen molar-refractivity contribution in [1.29, 1.82) is 0 Å². The van der Waals surface area contributed by atoms with Crippen LogP contribution in [0.5, 0.6) is 0 Å². The molecule has 0 spiro atoms. The van der Waals surface area contributed by atoms with Gasteiger partial charge in [-0.1, -0.05) is 32.6 Å². The molecule has 22 heavy (non-hydrogen) atoms. The topological polar surface area (TPSA) is 58.2 Å². The molecule has 2 rings (SSSR count). The van der Waals surface area contributed by atoms with E-state index >= 15 is 0 Å². The van der Waals surface area contributed by atoms with Crippen molar-refractivity contribution < 1.29 is 9.59 Å². The summed E-state index contributed by atoms with van der Waals surface area (Å²) in [6, 6.07) is -0.308. The van der Waals surface area contributed by atoms with E-state index in [1.165, 1.54) is 38.5 Å². The van der Waals surface area contributed by atoms with Crippen LogP contribution >= 0.6 is 0 Å². The standard InChI is InChI=1S/C18H32N2O2/c1-2-3-4-7-14-9-11-15(12-10-14)17(21)20-16-8-5-6-13-19-18(16)22/h14-16H,2-13H2,1H3,(H,19,22)(H,20,21)/t14?,15?,16-/m0/s1. The van der Waals surface area contributed by atoms with Crippen LogP contribution in [0.3, 0.4) is 0 Å². The summed E-state index contributed by atoms with van der Waals surface area (Å²) in [6.45, 7) is 2.99. The van der Waals surface area contributed by atoms with Gasteiger partial charge in [0.2, 0.25) is 11.8 Å². The summed E-state index contributed by atoms with van der Waals surface area (Å²) in [5.41, 5.74) is 0. The van der Waals surface area contributed by atoms with Gasteiger partial charge in [0.25, 0.3) is 0 Å². The lowest BCUT2D eigenvalue weighted by atomic mass is 9.79. The Labute approximate surface area is 134 Å². The molecule has 2 N–H and O–H groups in total. The number of unbranched alkanes of at least 4 members (excludes halogenated alkanes) is 2. The van der Waals surface area contributed by atoms with Crippen molar-refractivity contribution in [1.82, 2.24) is 10.6 Å². The normalized spacial score (nSPS) is 29.5. The molecule has 1 atom stereocenters. The van der Waals surface area contributed by atoms with Gasteiger partial charge < -0.3 is 10.6 Å². The summed E-state index contributed by atoms with van der Waals surface area (Å²) < 4.78 is 0. The first kappa shape index (κ1) is 17.3. The molecule has 0 unspecified atom stereocenters. The van der Waals surface area contributed by atoms with Crippen LogP contribution in [0.15, 0.2) is 0 Å². The van der Waals surface area contributed by atoms with Crippen molar-refractivity contribution in [2.75, 3.05) is 6.54 Å². The average Bonchev–Trinajstić information content (AvgIpc) is 2.73. The number of carbonyl (C=O) groups is 2. The van der Waals surface area contributed by atoms with Crippen LogP contribution in [-0.4, -0.2) is 24.4 Å². The zero-order valence-electron chi connectivity index (χ0n) is 14.0. The lowest BCUT2D eigenvalue weighted by molar-refractivity contribution is -0.131. The Balaban J connectivity index is 1.71. The molecular weight excluding hydrogens is 276 g/mol. The summed E-state index contributed by atoms with van der Waals surface area (Å²) in [4.78, 5) is 24.3. The zero-order valence-corrected chi connectivity index (χ0v) is 14.0. The number of nitrogens with one attached hydrogen (secondary N) is 2. The van der Waals surface area contributed by atoms with Crippen molar-refractivity contribution in [3.8, 4) is 0 Å². The largest absolute Gasteiger partial charge is 0.354 e. The number of hydrogen-bond acceptors (Lipinski definition) is 2. The number of amides is 2. The number of rotatable bonds is 6. The van der Waals surface area contributed by atoms with Gasteiger partial charge >= 0.3 is 0 Å². The summed E-state index contributed by atoms with van der Waals surface area (Å²) in [6.07, 6.45) is 12.4. The minimum absolute atomic E-state index is 0.000832. The maximum atomic E-state index is 12.4. The number of carbonyl (C=O) groups excluding carboxylic acids is 2. The van der Waals surface area contributed by atoms with E-state index in [-0.39, 0.29) is 23.8 Å². The first-order valence-electron chi connectivity index (χ1n) is 9.28. The van der Waals surface area contributed by atoms with E-state index in [2.05, 4.69) is 17.6 Å². The molecule has 1 aliphatic carbocycles. The molecule has 4 nitrogen and oxygen atoms in total. The maximum absolute atomic E-state index is 12.4. The van der Waals surface area contributed by atoms with Crippen LogP contribution in [0, 0.1) is 11.8 Å². The van der Waals surface area contributed by atoms with Gasteiger partial charge in [0, 0.05) is 12.5 Å². The second kappa shape index (κ2) is 9.16.